The molecule has 0 aromatic carbocycles. The fraction of sp³-hybridized carbons (Fsp3) is 0.471. The maximum atomic E-state index is 12.4. The predicted octanol–water partition coefficient (Wildman–Crippen LogP) is 0.618. The summed E-state index contributed by atoms with van der Waals surface area (Å²) in [6, 6.07) is 7.49. The maximum Gasteiger partial charge on any atom is 0.252 e. The number of ether oxygens (including phenoxy) is 1. The Morgan fingerprint density at radius 2 is 2.29 bits per heavy atom. The van der Waals surface area contributed by atoms with E-state index in [1.807, 2.05) is 0 Å². The first-order valence-electron chi connectivity index (χ1n) is 7.95. The molecular weight excluding hydrogens is 306 g/mol. The van der Waals surface area contributed by atoms with Gasteiger partial charge in [-0.25, -0.2) is 4.98 Å². The van der Waals surface area contributed by atoms with Crippen molar-refractivity contribution in [3.05, 3.63) is 34.2 Å². The van der Waals surface area contributed by atoms with Gasteiger partial charge in [0.2, 0.25) is 0 Å². The number of aryl methyl sites for hydroxylation is 1. The number of anilines is 1. The second-order valence-electron chi connectivity index (χ2n) is 6.17. The highest BCUT2D eigenvalue weighted by atomic mass is 16.5. The molecule has 24 heavy (non-hydrogen) atoms. The molecule has 1 fully saturated rings. The highest BCUT2D eigenvalue weighted by Crippen LogP contribution is 2.26. The molecule has 7 nitrogen and oxygen atoms in total. The number of hydrogen-bond acceptors (Lipinski definition) is 6. The van der Waals surface area contributed by atoms with Crippen LogP contribution in [0.1, 0.15) is 12.6 Å². The largest absolute Gasteiger partial charge is 0.383 e. The van der Waals surface area contributed by atoms with E-state index in [2.05, 4.69) is 28.2 Å². The molecule has 3 rings (SSSR count). The van der Waals surface area contributed by atoms with E-state index >= 15 is 0 Å². The average Bonchev–Trinajstić information content (AvgIpc) is 2.59. The first-order chi connectivity index (χ1) is 11.5. The van der Waals surface area contributed by atoms with Crippen molar-refractivity contribution >= 4 is 16.7 Å². The Morgan fingerprint density at radius 3 is 3.00 bits per heavy atom. The highest BCUT2D eigenvalue weighted by Gasteiger charge is 2.28. The number of pyridine rings is 2. The quantitative estimate of drug-likeness (QED) is 0.890. The summed E-state index contributed by atoms with van der Waals surface area (Å²) in [6.45, 7) is 4.17. The lowest BCUT2D eigenvalue weighted by atomic mass is 10.1. The molecule has 0 amide bonds. The summed E-state index contributed by atoms with van der Waals surface area (Å²) in [4.78, 5) is 19.0. The molecule has 0 radical (unpaired) electrons. The SMILES string of the molecule is COC[C@H]1CNC(C)CN1c1cc(=O)n(C)c2ccc(C#N)nc12. The molecule has 1 aliphatic heterocycles. The monoisotopic (exact) mass is 327 g/mol. The number of rotatable bonds is 3. The number of piperazine rings is 1. The smallest absolute Gasteiger partial charge is 0.252 e. The molecule has 0 spiro atoms. The van der Waals surface area contributed by atoms with Gasteiger partial charge in [-0.2, -0.15) is 5.26 Å². The van der Waals surface area contributed by atoms with Crippen LogP contribution in [0.3, 0.4) is 0 Å². The topological polar surface area (TPSA) is 83.2 Å². The minimum absolute atomic E-state index is 0.0913. The Hall–Kier alpha value is -2.43. The molecule has 2 aromatic rings. The van der Waals surface area contributed by atoms with E-state index in [1.165, 1.54) is 0 Å². The van der Waals surface area contributed by atoms with Gasteiger partial charge < -0.3 is 19.5 Å². The van der Waals surface area contributed by atoms with Crippen LogP contribution >= 0.6 is 0 Å². The molecule has 1 unspecified atom stereocenters. The van der Waals surface area contributed by atoms with Crippen molar-refractivity contribution in [1.29, 1.82) is 5.26 Å². The van der Waals surface area contributed by atoms with Crippen LogP contribution in [-0.4, -0.2) is 48.4 Å². The van der Waals surface area contributed by atoms with Crippen molar-refractivity contribution in [3.63, 3.8) is 0 Å². The highest BCUT2D eigenvalue weighted by molar-refractivity contribution is 5.89. The van der Waals surface area contributed by atoms with Crippen LogP contribution in [0.2, 0.25) is 0 Å². The Kier molecular flexibility index (Phi) is 4.51. The third-order valence-electron chi connectivity index (χ3n) is 4.46. The molecule has 7 heteroatoms. The third kappa shape index (κ3) is 2.86. The number of methoxy groups -OCH3 is 1. The first kappa shape index (κ1) is 16.4. The molecule has 2 atom stereocenters. The molecule has 2 aromatic heterocycles. The van der Waals surface area contributed by atoms with Crippen molar-refractivity contribution < 1.29 is 4.74 Å². The lowest BCUT2D eigenvalue weighted by molar-refractivity contribution is 0.166. The second-order valence-corrected chi connectivity index (χ2v) is 6.17. The summed E-state index contributed by atoms with van der Waals surface area (Å²) in [5.41, 5.74) is 2.41. The molecule has 1 aliphatic rings. The van der Waals surface area contributed by atoms with Crippen molar-refractivity contribution in [2.45, 2.75) is 19.0 Å². The predicted molar refractivity (Wildman–Crippen MR) is 92.2 cm³/mol. The summed E-state index contributed by atoms with van der Waals surface area (Å²) in [5, 5.41) is 12.6. The van der Waals surface area contributed by atoms with Gasteiger partial charge in [-0.1, -0.05) is 0 Å². The van der Waals surface area contributed by atoms with Gasteiger partial charge in [0.15, 0.2) is 0 Å². The molecule has 0 saturated carbocycles. The Labute approximate surface area is 140 Å². The number of nitrogens with one attached hydrogen (secondary N) is 1. The van der Waals surface area contributed by atoms with Gasteiger partial charge in [-0.3, -0.25) is 4.79 Å². The number of aromatic nitrogens is 2. The van der Waals surface area contributed by atoms with Gasteiger partial charge in [0.1, 0.15) is 17.3 Å². The van der Waals surface area contributed by atoms with Crippen molar-refractivity contribution in [2.24, 2.45) is 7.05 Å². The van der Waals surface area contributed by atoms with Gasteiger partial charge in [-0.15, -0.1) is 0 Å². The molecule has 1 saturated heterocycles. The summed E-state index contributed by atoms with van der Waals surface area (Å²) < 4.78 is 6.90. The van der Waals surface area contributed by atoms with Crippen LogP contribution in [0.15, 0.2) is 23.0 Å². The van der Waals surface area contributed by atoms with E-state index in [1.54, 1.807) is 36.9 Å². The van der Waals surface area contributed by atoms with Gasteiger partial charge in [-0.05, 0) is 19.1 Å². The van der Waals surface area contributed by atoms with Gasteiger partial charge in [0, 0.05) is 39.4 Å². The van der Waals surface area contributed by atoms with Gasteiger partial charge in [0.05, 0.1) is 23.9 Å². The molecule has 3 heterocycles. The molecule has 126 valence electrons. The number of fused-ring (bicyclic) bond motifs is 1. The van der Waals surface area contributed by atoms with Crippen LogP contribution < -0.4 is 15.8 Å². The zero-order chi connectivity index (χ0) is 17.3. The third-order valence-corrected chi connectivity index (χ3v) is 4.46. The zero-order valence-electron chi connectivity index (χ0n) is 14.1. The number of nitrogens with zero attached hydrogens (tertiary/aromatic N) is 4. The molecular formula is C17H21N5O2. The van der Waals surface area contributed by atoms with Crippen LogP contribution in [0, 0.1) is 11.3 Å². The molecule has 1 N–H and O–H groups in total. The average molecular weight is 327 g/mol. The van der Waals surface area contributed by atoms with Gasteiger partial charge >= 0.3 is 0 Å². The van der Waals surface area contributed by atoms with Crippen molar-refractivity contribution in [1.82, 2.24) is 14.9 Å². The maximum absolute atomic E-state index is 12.4. The summed E-state index contributed by atoms with van der Waals surface area (Å²) in [5.74, 6) is 0. The molecule has 0 bridgehead atoms. The number of hydrogen-bond donors (Lipinski definition) is 1. The van der Waals surface area contributed by atoms with E-state index in [9.17, 15) is 10.1 Å². The fourth-order valence-corrected chi connectivity index (χ4v) is 3.19. The van der Waals surface area contributed by atoms with E-state index < -0.39 is 0 Å². The van der Waals surface area contributed by atoms with Crippen LogP contribution in [-0.2, 0) is 11.8 Å². The Bertz CT molecular complexity index is 854. The minimum Gasteiger partial charge on any atom is -0.383 e. The fourth-order valence-electron chi connectivity index (χ4n) is 3.19. The van der Waals surface area contributed by atoms with Gasteiger partial charge in [0.25, 0.3) is 5.56 Å². The van der Waals surface area contributed by atoms with E-state index in [0.717, 1.165) is 24.3 Å². The zero-order valence-corrected chi connectivity index (χ0v) is 14.1. The number of nitriles is 1. The minimum atomic E-state index is -0.0913. The summed E-state index contributed by atoms with van der Waals surface area (Å²) >= 11 is 0. The van der Waals surface area contributed by atoms with Crippen LogP contribution in [0.25, 0.3) is 11.0 Å². The lowest BCUT2D eigenvalue weighted by Crippen LogP contribution is -2.57. The van der Waals surface area contributed by atoms with Crippen LogP contribution in [0.4, 0.5) is 5.69 Å². The van der Waals surface area contributed by atoms with E-state index in [0.29, 0.717) is 17.8 Å². The van der Waals surface area contributed by atoms with Crippen molar-refractivity contribution in [2.75, 3.05) is 31.7 Å². The Morgan fingerprint density at radius 1 is 1.50 bits per heavy atom. The molecule has 0 aliphatic carbocycles. The standard InChI is InChI=1S/C17H21N5O2/c1-11-9-22(13(8-19-11)10-24-3)15-6-16(23)21(2)14-5-4-12(7-18)20-17(14)15/h4-6,11,13,19H,8-10H2,1-3H3/t11?,13-/m1/s1. The summed E-state index contributed by atoms with van der Waals surface area (Å²) in [6.07, 6.45) is 0. The second kappa shape index (κ2) is 6.59. The lowest BCUT2D eigenvalue weighted by Gasteiger charge is -2.40. The Balaban J connectivity index is 2.21. The normalized spacial score (nSPS) is 21.0. The van der Waals surface area contributed by atoms with E-state index in [-0.39, 0.29) is 17.6 Å². The van der Waals surface area contributed by atoms with Crippen LogP contribution in [0.5, 0.6) is 0 Å². The van der Waals surface area contributed by atoms with E-state index in [4.69, 9.17) is 4.74 Å². The van der Waals surface area contributed by atoms with Crippen molar-refractivity contribution in [3.8, 4) is 6.07 Å². The summed E-state index contributed by atoms with van der Waals surface area (Å²) in [7, 11) is 3.39. The first-order valence-corrected chi connectivity index (χ1v) is 7.95.